The summed E-state index contributed by atoms with van der Waals surface area (Å²) in [5, 5.41) is 6.91. The van der Waals surface area contributed by atoms with Crippen molar-refractivity contribution in [3.63, 3.8) is 0 Å². The number of benzene rings is 1. The van der Waals surface area contributed by atoms with Gasteiger partial charge in [0, 0.05) is 29.6 Å². The fourth-order valence-corrected chi connectivity index (χ4v) is 8.20. The summed E-state index contributed by atoms with van der Waals surface area (Å²) in [5.41, 5.74) is 5.54. The number of nitrogens with zero attached hydrogens (tertiary/aromatic N) is 5. The predicted octanol–water partition coefficient (Wildman–Crippen LogP) is 7.34. The van der Waals surface area contributed by atoms with E-state index in [0.717, 1.165) is 71.6 Å². The van der Waals surface area contributed by atoms with Crippen LogP contribution in [0.5, 0.6) is 5.88 Å². The van der Waals surface area contributed by atoms with E-state index in [4.69, 9.17) is 24.2 Å². The second-order valence-electron chi connectivity index (χ2n) is 16.2. The van der Waals surface area contributed by atoms with E-state index in [1.807, 2.05) is 92.5 Å². The van der Waals surface area contributed by atoms with Crippen molar-refractivity contribution >= 4 is 34.8 Å². The van der Waals surface area contributed by atoms with Crippen LogP contribution in [0.25, 0.3) is 28.1 Å². The van der Waals surface area contributed by atoms with Gasteiger partial charge >= 0.3 is 12.2 Å². The first kappa shape index (κ1) is 36.4. The summed E-state index contributed by atoms with van der Waals surface area (Å²) in [6.45, 7) is 10.4. The molecule has 3 aliphatic rings. The van der Waals surface area contributed by atoms with Crippen molar-refractivity contribution in [2.45, 2.75) is 110 Å². The Morgan fingerprint density at radius 1 is 0.964 bits per heavy atom. The molecule has 288 valence electrons. The smallest absolute Gasteiger partial charge is 0.407 e. The molecule has 55 heavy (non-hydrogen) atoms. The molecule has 6 heterocycles. The molecule has 1 saturated carbocycles. The molecule has 2 aliphatic heterocycles. The van der Waals surface area contributed by atoms with Crippen molar-refractivity contribution in [3.05, 3.63) is 83.2 Å². The van der Waals surface area contributed by atoms with Crippen molar-refractivity contribution in [2.75, 3.05) is 7.11 Å². The highest BCUT2D eigenvalue weighted by Gasteiger charge is 2.49. The number of methoxy groups -OCH3 is 1. The van der Waals surface area contributed by atoms with Crippen LogP contribution >= 0.6 is 0 Å². The van der Waals surface area contributed by atoms with E-state index in [9.17, 15) is 14.4 Å². The largest absolute Gasteiger partial charge is 0.482 e. The lowest BCUT2D eigenvalue weighted by Gasteiger charge is -2.27. The molecule has 4 atom stereocenters. The number of alkyl carbamates (subject to hydrolysis) is 2. The number of hydrogen-bond acceptors (Lipinski definition) is 8. The molecule has 0 unspecified atom stereocenters. The fraction of sp³-hybridized carbons (Fsp3) is 0.452. The van der Waals surface area contributed by atoms with Gasteiger partial charge in [0.15, 0.2) is 5.88 Å². The topological polar surface area (TPSA) is 141 Å². The molecule has 2 N–H and O–H groups in total. The summed E-state index contributed by atoms with van der Waals surface area (Å²) >= 11 is 0. The second-order valence-corrected chi connectivity index (χ2v) is 16.2. The third-order valence-electron chi connectivity index (χ3n) is 11.0. The summed E-state index contributed by atoms with van der Waals surface area (Å²) in [7, 11) is 1.60. The standard InChI is InChI=1S/C42H49N7O6/c1-24(43-40(51)54-23-27-10-8-7-9-11-27)31-16-14-28-18-34(47(38(28)44-31)22-26-12-13-26)37-25(2)48-35(46-37)19-29(20-36(48)53-6)39(50)49-30-15-17-33(49)32(21-30)45-41(52)55-42(3,4)5/h7-11,14,16,18-20,24,26,30,32-33H,12-13,15,17,21-23H2,1-6H3,(H,43,51)(H,45,52)/t24-,30+,32-,33-/m1/s1. The summed E-state index contributed by atoms with van der Waals surface area (Å²) in [6.07, 6.45) is 3.74. The maximum Gasteiger partial charge on any atom is 0.407 e. The minimum absolute atomic E-state index is 0.0325. The van der Waals surface area contributed by atoms with E-state index < -0.39 is 17.8 Å². The number of amides is 3. The molecule has 4 aromatic heterocycles. The molecule has 13 heteroatoms. The molecule has 5 aromatic rings. The van der Waals surface area contributed by atoms with E-state index in [-0.39, 0.29) is 36.7 Å². The molecule has 8 rings (SSSR count). The van der Waals surface area contributed by atoms with Crippen LogP contribution in [0.4, 0.5) is 9.59 Å². The monoisotopic (exact) mass is 747 g/mol. The number of carbonyl (C=O) groups is 3. The van der Waals surface area contributed by atoms with Gasteiger partial charge in [-0.15, -0.1) is 0 Å². The number of rotatable bonds is 10. The maximum absolute atomic E-state index is 14.2. The minimum atomic E-state index is -0.605. The van der Waals surface area contributed by atoms with E-state index in [0.29, 0.717) is 29.4 Å². The summed E-state index contributed by atoms with van der Waals surface area (Å²) in [4.78, 5) is 51.7. The zero-order valence-corrected chi connectivity index (χ0v) is 32.3. The lowest BCUT2D eigenvalue weighted by molar-refractivity contribution is 0.0484. The van der Waals surface area contributed by atoms with Crippen LogP contribution < -0.4 is 15.4 Å². The Balaban J connectivity index is 1.07. The number of nitrogens with one attached hydrogen (secondary N) is 2. The zero-order chi connectivity index (χ0) is 38.6. The van der Waals surface area contributed by atoms with Gasteiger partial charge in [0.25, 0.3) is 5.91 Å². The van der Waals surface area contributed by atoms with Gasteiger partial charge in [-0.25, -0.2) is 19.6 Å². The molecule has 2 bridgehead atoms. The zero-order valence-electron chi connectivity index (χ0n) is 32.3. The predicted molar refractivity (Wildman–Crippen MR) is 207 cm³/mol. The van der Waals surface area contributed by atoms with Crippen LogP contribution in [-0.2, 0) is 22.6 Å². The third kappa shape index (κ3) is 7.31. The number of aryl methyl sites for hydroxylation is 1. The van der Waals surface area contributed by atoms with Gasteiger partial charge in [-0.1, -0.05) is 30.3 Å². The first-order valence-electron chi connectivity index (χ1n) is 19.2. The molecule has 13 nitrogen and oxygen atoms in total. The molecule has 3 amide bonds. The van der Waals surface area contributed by atoms with Crippen LogP contribution in [0, 0.1) is 12.8 Å². The van der Waals surface area contributed by atoms with Crippen molar-refractivity contribution in [1.29, 1.82) is 0 Å². The number of pyridine rings is 2. The number of imidazole rings is 1. The Morgan fingerprint density at radius 2 is 1.75 bits per heavy atom. The van der Waals surface area contributed by atoms with Crippen LogP contribution in [0.15, 0.2) is 60.7 Å². The number of ether oxygens (including phenoxy) is 3. The van der Waals surface area contributed by atoms with Gasteiger partial charge < -0.3 is 34.3 Å². The normalized spacial score (nSPS) is 19.8. The van der Waals surface area contributed by atoms with E-state index in [1.165, 1.54) is 0 Å². The van der Waals surface area contributed by atoms with Gasteiger partial charge in [-0.2, -0.15) is 0 Å². The molecule has 2 saturated heterocycles. The van der Waals surface area contributed by atoms with Gasteiger partial charge in [0.05, 0.1) is 42.3 Å². The SMILES string of the molecule is COc1cc(C(=O)N2[C@H]3CC[C@@H]2[C@H](NC(=O)OC(C)(C)C)C3)cc2nc(-c3cc4ccc([C@@H](C)NC(=O)OCc5ccccc5)nc4n3CC3CC3)c(C)n12. The highest BCUT2D eigenvalue weighted by Crippen LogP contribution is 2.41. The molecular formula is C42H49N7O6. The number of aromatic nitrogens is 4. The Hall–Kier alpha value is -5.59. The van der Waals surface area contributed by atoms with Crippen LogP contribution in [0.3, 0.4) is 0 Å². The second kappa shape index (κ2) is 14.2. The first-order chi connectivity index (χ1) is 26.4. The average Bonchev–Trinajstić information content (AvgIpc) is 3.46. The lowest BCUT2D eigenvalue weighted by atomic mass is 9.96. The molecule has 1 aromatic carbocycles. The molecule has 0 radical (unpaired) electrons. The highest BCUT2D eigenvalue weighted by atomic mass is 16.6. The van der Waals surface area contributed by atoms with Crippen LogP contribution in [-0.4, -0.2) is 72.8 Å². The number of hydrogen-bond donors (Lipinski definition) is 2. The number of fused-ring (bicyclic) bond motifs is 4. The van der Waals surface area contributed by atoms with E-state index in [1.54, 1.807) is 13.2 Å². The molecule has 3 fully saturated rings. The summed E-state index contributed by atoms with van der Waals surface area (Å²) < 4.78 is 21.1. The van der Waals surface area contributed by atoms with Crippen molar-refractivity contribution < 1.29 is 28.6 Å². The van der Waals surface area contributed by atoms with Gasteiger partial charge in [-0.05, 0) is 102 Å². The average molecular weight is 748 g/mol. The summed E-state index contributed by atoms with van der Waals surface area (Å²) in [5.74, 6) is 0.954. The molecular weight excluding hydrogens is 699 g/mol. The Morgan fingerprint density at radius 3 is 2.47 bits per heavy atom. The van der Waals surface area contributed by atoms with Crippen LogP contribution in [0.1, 0.15) is 93.2 Å². The van der Waals surface area contributed by atoms with Crippen molar-refractivity contribution in [2.24, 2.45) is 5.92 Å². The van der Waals surface area contributed by atoms with E-state index in [2.05, 4.69) is 21.3 Å². The van der Waals surface area contributed by atoms with Crippen molar-refractivity contribution in [3.8, 4) is 17.3 Å². The Kier molecular flexibility index (Phi) is 9.42. The lowest BCUT2D eigenvalue weighted by Crippen LogP contribution is -2.46. The van der Waals surface area contributed by atoms with E-state index >= 15 is 0 Å². The van der Waals surface area contributed by atoms with Gasteiger partial charge in [0.1, 0.15) is 29.2 Å². The maximum atomic E-state index is 14.2. The molecule has 0 spiro atoms. The van der Waals surface area contributed by atoms with Gasteiger partial charge in [0.2, 0.25) is 0 Å². The van der Waals surface area contributed by atoms with Crippen LogP contribution in [0.2, 0.25) is 0 Å². The quantitative estimate of drug-likeness (QED) is 0.151. The first-order valence-corrected chi connectivity index (χ1v) is 19.2. The summed E-state index contributed by atoms with van der Waals surface area (Å²) in [6, 6.07) is 18.7. The molecule has 1 aliphatic carbocycles. The fourth-order valence-electron chi connectivity index (χ4n) is 8.20. The minimum Gasteiger partial charge on any atom is -0.482 e. The third-order valence-corrected chi connectivity index (χ3v) is 11.0. The highest BCUT2D eigenvalue weighted by molar-refractivity contribution is 5.97. The Labute approximate surface area is 320 Å². The Bertz CT molecular complexity index is 2270. The number of carbonyl (C=O) groups excluding carboxylic acids is 3. The van der Waals surface area contributed by atoms with Gasteiger partial charge in [-0.3, -0.25) is 9.20 Å². The van der Waals surface area contributed by atoms with Crippen molar-refractivity contribution in [1.82, 2.24) is 34.5 Å².